The largest absolute Gasteiger partial charge is 0.444 e. The van der Waals surface area contributed by atoms with Gasteiger partial charge in [-0.1, -0.05) is 0 Å². The van der Waals surface area contributed by atoms with Crippen molar-refractivity contribution in [3.8, 4) is 0 Å². The number of fused-ring (bicyclic) bond motifs is 1. The number of hydrogen-bond acceptors (Lipinski definition) is 4. The van der Waals surface area contributed by atoms with Crippen LogP contribution in [0.15, 0.2) is 12.3 Å². The first kappa shape index (κ1) is 12.7. The monoisotopic (exact) mass is 249 g/mol. The van der Waals surface area contributed by atoms with Crippen molar-refractivity contribution < 1.29 is 9.53 Å². The van der Waals surface area contributed by atoms with Crippen LogP contribution in [0.25, 0.3) is 0 Å². The summed E-state index contributed by atoms with van der Waals surface area (Å²) in [4.78, 5) is 17.9. The molecule has 2 heterocycles. The third-order valence-corrected chi connectivity index (χ3v) is 2.71. The summed E-state index contributed by atoms with van der Waals surface area (Å²) in [5.74, 6) is 0. The predicted molar refractivity (Wildman–Crippen MR) is 69.0 cm³/mol. The maximum atomic E-state index is 12.0. The Hall–Kier alpha value is -1.78. The minimum atomic E-state index is -0.467. The standard InChI is InChI=1S/C13H19N3O2/c1-13(2,3)18-12(17)16-5-4-11-9(8-16)6-10(14)7-15-11/h6-7H,4-5,8,14H2,1-3H3. The first-order chi connectivity index (χ1) is 8.35. The fourth-order valence-corrected chi connectivity index (χ4v) is 1.93. The summed E-state index contributed by atoms with van der Waals surface area (Å²) in [5.41, 5.74) is 7.89. The molecule has 0 spiro atoms. The minimum Gasteiger partial charge on any atom is -0.444 e. The molecule has 1 aliphatic heterocycles. The van der Waals surface area contributed by atoms with Crippen LogP contribution in [0.3, 0.4) is 0 Å². The van der Waals surface area contributed by atoms with Gasteiger partial charge in [-0.05, 0) is 32.4 Å². The van der Waals surface area contributed by atoms with E-state index in [1.165, 1.54) is 0 Å². The summed E-state index contributed by atoms with van der Waals surface area (Å²) in [5, 5.41) is 0. The summed E-state index contributed by atoms with van der Waals surface area (Å²) >= 11 is 0. The number of nitrogens with zero attached hydrogens (tertiary/aromatic N) is 2. The van der Waals surface area contributed by atoms with Gasteiger partial charge in [-0.25, -0.2) is 4.79 Å². The third-order valence-electron chi connectivity index (χ3n) is 2.71. The van der Waals surface area contributed by atoms with Crippen molar-refractivity contribution in [2.24, 2.45) is 0 Å². The molecule has 0 saturated carbocycles. The van der Waals surface area contributed by atoms with Gasteiger partial charge in [-0.15, -0.1) is 0 Å². The van der Waals surface area contributed by atoms with Crippen LogP contribution >= 0.6 is 0 Å². The fourth-order valence-electron chi connectivity index (χ4n) is 1.93. The van der Waals surface area contributed by atoms with Gasteiger partial charge in [0.2, 0.25) is 0 Å². The van der Waals surface area contributed by atoms with E-state index in [1.807, 2.05) is 26.8 Å². The molecule has 5 heteroatoms. The highest BCUT2D eigenvalue weighted by Gasteiger charge is 2.26. The maximum Gasteiger partial charge on any atom is 0.410 e. The number of carbonyl (C=O) groups excluding carboxylic acids is 1. The molecule has 1 aromatic rings. The molecule has 0 aromatic carbocycles. The Labute approximate surface area is 107 Å². The van der Waals surface area contributed by atoms with Crippen LogP contribution < -0.4 is 5.73 Å². The van der Waals surface area contributed by atoms with Crippen molar-refractivity contribution in [2.45, 2.75) is 39.3 Å². The number of pyridine rings is 1. The molecule has 0 fully saturated rings. The molecule has 1 aliphatic rings. The van der Waals surface area contributed by atoms with Crippen LogP contribution in [-0.2, 0) is 17.7 Å². The SMILES string of the molecule is CC(C)(C)OC(=O)N1CCc2ncc(N)cc2C1. The highest BCUT2D eigenvalue weighted by atomic mass is 16.6. The molecule has 2 rings (SSSR count). The Morgan fingerprint density at radius 3 is 2.89 bits per heavy atom. The summed E-state index contributed by atoms with van der Waals surface area (Å²) in [6.07, 6.45) is 2.12. The maximum absolute atomic E-state index is 12.0. The Balaban J connectivity index is 2.09. The molecule has 18 heavy (non-hydrogen) atoms. The van der Waals surface area contributed by atoms with E-state index in [0.717, 1.165) is 17.7 Å². The normalized spacial score (nSPS) is 15.2. The van der Waals surface area contributed by atoms with Gasteiger partial charge >= 0.3 is 6.09 Å². The molecule has 0 aliphatic carbocycles. The molecule has 0 radical (unpaired) electrons. The van der Waals surface area contributed by atoms with Crippen LogP contribution in [0.1, 0.15) is 32.0 Å². The lowest BCUT2D eigenvalue weighted by Gasteiger charge is -2.30. The highest BCUT2D eigenvalue weighted by molar-refractivity contribution is 5.68. The van der Waals surface area contributed by atoms with Crippen LogP contribution in [0.5, 0.6) is 0 Å². The second-order valence-electron chi connectivity index (χ2n) is 5.53. The predicted octanol–water partition coefficient (Wildman–Crippen LogP) is 1.96. The van der Waals surface area contributed by atoms with E-state index in [1.54, 1.807) is 11.1 Å². The van der Waals surface area contributed by atoms with Crippen molar-refractivity contribution in [2.75, 3.05) is 12.3 Å². The zero-order valence-electron chi connectivity index (χ0n) is 11.1. The van der Waals surface area contributed by atoms with E-state index >= 15 is 0 Å². The number of nitrogen functional groups attached to an aromatic ring is 1. The summed E-state index contributed by atoms with van der Waals surface area (Å²) in [7, 11) is 0. The lowest BCUT2D eigenvalue weighted by Crippen LogP contribution is -2.40. The fraction of sp³-hybridized carbons (Fsp3) is 0.538. The highest BCUT2D eigenvalue weighted by Crippen LogP contribution is 2.21. The van der Waals surface area contributed by atoms with Crippen LogP contribution in [0, 0.1) is 0 Å². The minimum absolute atomic E-state index is 0.282. The molecule has 0 bridgehead atoms. The zero-order valence-corrected chi connectivity index (χ0v) is 11.1. The van der Waals surface area contributed by atoms with Crippen LogP contribution in [0.4, 0.5) is 10.5 Å². The third kappa shape index (κ3) is 2.91. The number of carbonyl (C=O) groups is 1. The van der Waals surface area contributed by atoms with Gasteiger partial charge in [-0.3, -0.25) is 4.98 Å². The van der Waals surface area contributed by atoms with Crippen molar-refractivity contribution in [3.05, 3.63) is 23.5 Å². The number of nitrogens with two attached hydrogens (primary N) is 1. The first-order valence-electron chi connectivity index (χ1n) is 6.06. The lowest BCUT2D eigenvalue weighted by molar-refractivity contribution is 0.0223. The molecular formula is C13H19N3O2. The van der Waals surface area contributed by atoms with E-state index in [2.05, 4.69) is 4.98 Å². The molecule has 0 atom stereocenters. The van der Waals surface area contributed by atoms with E-state index in [0.29, 0.717) is 18.8 Å². The molecule has 1 amide bonds. The molecular weight excluding hydrogens is 230 g/mol. The number of hydrogen-bond donors (Lipinski definition) is 1. The number of aromatic nitrogens is 1. The zero-order chi connectivity index (χ0) is 13.3. The van der Waals surface area contributed by atoms with Crippen LogP contribution in [-0.4, -0.2) is 28.1 Å². The number of ether oxygens (including phenoxy) is 1. The lowest BCUT2D eigenvalue weighted by atomic mass is 10.1. The quantitative estimate of drug-likeness (QED) is 0.763. The van der Waals surface area contributed by atoms with Crippen molar-refractivity contribution in [1.29, 1.82) is 0 Å². The first-order valence-corrected chi connectivity index (χ1v) is 6.06. The van der Waals surface area contributed by atoms with Gasteiger partial charge in [0, 0.05) is 18.7 Å². The number of amides is 1. The molecule has 1 aromatic heterocycles. The Kier molecular flexibility index (Phi) is 3.15. The number of anilines is 1. The Morgan fingerprint density at radius 1 is 1.50 bits per heavy atom. The molecule has 5 nitrogen and oxygen atoms in total. The van der Waals surface area contributed by atoms with E-state index in [9.17, 15) is 4.79 Å². The van der Waals surface area contributed by atoms with Gasteiger partial charge in [-0.2, -0.15) is 0 Å². The van der Waals surface area contributed by atoms with E-state index in [4.69, 9.17) is 10.5 Å². The second kappa shape index (κ2) is 4.48. The molecule has 98 valence electrons. The second-order valence-corrected chi connectivity index (χ2v) is 5.53. The van der Waals surface area contributed by atoms with Gasteiger partial charge in [0.1, 0.15) is 5.60 Å². The number of rotatable bonds is 0. The Morgan fingerprint density at radius 2 is 2.22 bits per heavy atom. The van der Waals surface area contributed by atoms with Gasteiger partial charge in [0.15, 0.2) is 0 Å². The smallest absolute Gasteiger partial charge is 0.410 e. The summed E-state index contributed by atoms with van der Waals surface area (Å²) in [6, 6.07) is 1.87. The van der Waals surface area contributed by atoms with Crippen LogP contribution in [0.2, 0.25) is 0 Å². The van der Waals surface area contributed by atoms with E-state index in [-0.39, 0.29) is 6.09 Å². The molecule has 0 saturated heterocycles. The summed E-state index contributed by atoms with van der Waals surface area (Å²) < 4.78 is 5.36. The van der Waals surface area contributed by atoms with E-state index < -0.39 is 5.60 Å². The van der Waals surface area contributed by atoms with Crippen molar-refractivity contribution >= 4 is 11.8 Å². The average Bonchev–Trinajstić information content (AvgIpc) is 2.25. The Bertz CT molecular complexity index is 466. The topological polar surface area (TPSA) is 68.5 Å². The van der Waals surface area contributed by atoms with Gasteiger partial charge in [0.25, 0.3) is 0 Å². The molecule has 0 unspecified atom stereocenters. The van der Waals surface area contributed by atoms with Crippen molar-refractivity contribution in [1.82, 2.24) is 9.88 Å². The van der Waals surface area contributed by atoms with Gasteiger partial charge < -0.3 is 15.4 Å². The van der Waals surface area contributed by atoms with Crippen molar-refractivity contribution in [3.63, 3.8) is 0 Å². The summed E-state index contributed by atoms with van der Waals surface area (Å²) in [6.45, 7) is 6.74. The average molecular weight is 249 g/mol. The van der Waals surface area contributed by atoms with Gasteiger partial charge in [0.05, 0.1) is 18.4 Å². The molecule has 2 N–H and O–H groups in total.